The fourth-order valence-electron chi connectivity index (χ4n) is 1.81. The third-order valence-corrected chi connectivity index (χ3v) is 3.91. The number of para-hydroxylation sites is 1. The van der Waals surface area contributed by atoms with Gasteiger partial charge in [0.1, 0.15) is 0 Å². The van der Waals surface area contributed by atoms with E-state index < -0.39 is 0 Å². The van der Waals surface area contributed by atoms with Crippen LogP contribution in [0.3, 0.4) is 0 Å². The second-order valence-corrected chi connectivity index (χ2v) is 5.42. The normalized spacial score (nSPS) is 11.8. The molecular formula is C15H17N3OS. The second-order valence-electron chi connectivity index (χ2n) is 4.40. The molecule has 5 heteroatoms. The number of hydrogen-bond acceptors (Lipinski definition) is 4. The van der Waals surface area contributed by atoms with Crippen LogP contribution in [0.25, 0.3) is 0 Å². The minimum atomic E-state index is -0.315. The van der Waals surface area contributed by atoms with Crippen molar-refractivity contribution in [3.05, 3.63) is 54.4 Å². The summed E-state index contributed by atoms with van der Waals surface area (Å²) >= 11 is 1.44. The number of primary amides is 1. The molecule has 4 nitrogen and oxygen atoms in total. The van der Waals surface area contributed by atoms with Gasteiger partial charge in [0.2, 0.25) is 5.91 Å². The molecule has 20 heavy (non-hydrogen) atoms. The fraction of sp³-hybridized carbons (Fsp3) is 0.200. The van der Waals surface area contributed by atoms with Gasteiger partial charge in [-0.3, -0.25) is 9.78 Å². The number of carbonyl (C=O) groups excluding carboxylic acids is 1. The van der Waals surface area contributed by atoms with Crippen LogP contribution in [0.5, 0.6) is 0 Å². The molecule has 0 saturated carbocycles. The van der Waals surface area contributed by atoms with Crippen molar-refractivity contribution in [2.45, 2.75) is 17.9 Å². The minimum Gasteiger partial charge on any atom is -0.378 e. The predicted molar refractivity (Wildman–Crippen MR) is 82.6 cm³/mol. The molecule has 2 rings (SSSR count). The summed E-state index contributed by atoms with van der Waals surface area (Å²) in [7, 11) is 0. The van der Waals surface area contributed by atoms with Crippen LogP contribution < -0.4 is 11.1 Å². The van der Waals surface area contributed by atoms with Crippen molar-refractivity contribution in [2.75, 3.05) is 11.1 Å². The monoisotopic (exact) mass is 287 g/mol. The molecule has 0 spiro atoms. The summed E-state index contributed by atoms with van der Waals surface area (Å²) in [5, 5.41) is 3.44. The SMILES string of the molecule is CC(Nc1ccccc1SCC(N)=O)c1cccnc1. The van der Waals surface area contributed by atoms with Crippen LogP contribution in [-0.2, 0) is 4.79 Å². The lowest BCUT2D eigenvalue weighted by Crippen LogP contribution is -2.13. The van der Waals surface area contributed by atoms with E-state index in [1.165, 1.54) is 11.8 Å². The van der Waals surface area contributed by atoms with Gasteiger partial charge >= 0.3 is 0 Å². The molecule has 0 saturated heterocycles. The van der Waals surface area contributed by atoms with E-state index in [1.807, 2.05) is 42.6 Å². The van der Waals surface area contributed by atoms with Gasteiger partial charge in [0, 0.05) is 23.0 Å². The molecule has 0 bridgehead atoms. The first-order valence-corrected chi connectivity index (χ1v) is 7.32. The molecule has 1 amide bonds. The van der Waals surface area contributed by atoms with Gasteiger partial charge in [-0.1, -0.05) is 18.2 Å². The molecular weight excluding hydrogens is 270 g/mol. The number of aromatic nitrogens is 1. The second kappa shape index (κ2) is 6.96. The van der Waals surface area contributed by atoms with Crippen LogP contribution in [0.15, 0.2) is 53.7 Å². The Labute approximate surface area is 122 Å². The average Bonchev–Trinajstić information content (AvgIpc) is 2.47. The zero-order valence-corrected chi connectivity index (χ0v) is 12.1. The highest BCUT2D eigenvalue weighted by Crippen LogP contribution is 2.29. The minimum absolute atomic E-state index is 0.138. The molecule has 1 aromatic carbocycles. The Hall–Kier alpha value is -2.01. The highest BCUT2D eigenvalue weighted by molar-refractivity contribution is 8.00. The van der Waals surface area contributed by atoms with Crippen LogP contribution in [0, 0.1) is 0 Å². The van der Waals surface area contributed by atoms with Gasteiger partial charge in [0.05, 0.1) is 11.8 Å². The van der Waals surface area contributed by atoms with Crippen molar-refractivity contribution in [3.8, 4) is 0 Å². The van der Waals surface area contributed by atoms with Crippen LogP contribution >= 0.6 is 11.8 Å². The Kier molecular flexibility index (Phi) is 5.01. The molecule has 2 aromatic rings. The van der Waals surface area contributed by atoms with E-state index in [1.54, 1.807) is 6.20 Å². The van der Waals surface area contributed by atoms with Crippen molar-refractivity contribution < 1.29 is 4.79 Å². The quantitative estimate of drug-likeness (QED) is 0.802. The maximum absolute atomic E-state index is 10.9. The molecule has 1 aromatic heterocycles. The fourth-order valence-corrected chi connectivity index (χ4v) is 2.56. The summed E-state index contributed by atoms with van der Waals surface area (Å²) in [6.07, 6.45) is 3.60. The largest absolute Gasteiger partial charge is 0.378 e. The van der Waals surface area contributed by atoms with Crippen LogP contribution in [0.1, 0.15) is 18.5 Å². The van der Waals surface area contributed by atoms with Gasteiger partial charge in [-0.05, 0) is 30.7 Å². The van der Waals surface area contributed by atoms with Crippen molar-refractivity contribution in [3.63, 3.8) is 0 Å². The van der Waals surface area contributed by atoms with Gasteiger partial charge in [0.25, 0.3) is 0 Å². The number of nitrogens with one attached hydrogen (secondary N) is 1. The first kappa shape index (κ1) is 14.4. The van der Waals surface area contributed by atoms with Crippen molar-refractivity contribution in [2.24, 2.45) is 5.73 Å². The topological polar surface area (TPSA) is 68.0 Å². The Morgan fingerprint density at radius 1 is 1.35 bits per heavy atom. The maximum Gasteiger partial charge on any atom is 0.227 e. The number of rotatable bonds is 6. The molecule has 3 N–H and O–H groups in total. The van der Waals surface area contributed by atoms with E-state index in [-0.39, 0.29) is 17.7 Å². The lowest BCUT2D eigenvalue weighted by molar-refractivity contribution is -0.115. The molecule has 0 aliphatic carbocycles. The van der Waals surface area contributed by atoms with Crippen molar-refractivity contribution in [1.82, 2.24) is 4.98 Å². The summed E-state index contributed by atoms with van der Waals surface area (Å²) in [6, 6.07) is 12.0. The number of hydrogen-bond donors (Lipinski definition) is 2. The van der Waals surface area contributed by atoms with Crippen LogP contribution in [0.2, 0.25) is 0 Å². The first-order valence-electron chi connectivity index (χ1n) is 6.33. The zero-order chi connectivity index (χ0) is 14.4. The number of nitrogens with zero attached hydrogens (tertiary/aromatic N) is 1. The highest BCUT2D eigenvalue weighted by atomic mass is 32.2. The molecule has 0 fully saturated rings. The molecule has 104 valence electrons. The van der Waals surface area contributed by atoms with E-state index in [0.29, 0.717) is 0 Å². The molecule has 0 aliphatic rings. The zero-order valence-electron chi connectivity index (χ0n) is 11.2. The Morgan fingerprint density at radius 3 is 2.85 bits per heavy atom. The van der Waals surface area contributed by atoms with Gasteiger partial charge in [-0.15, -0.1) is 11.8 Å². The first-order chi connectivity index (χ1) is 9.66. The standard InChI is InChI=1S/C15H17N3OS/c1-11(12-5-4-8-17-9-12)18-13-6-2-3-7-14(13)20-10-15(16)19/h2-9,11,18H,10H2,1H3,(H2,16,19). The number of carbonyl (C=O) groups is 1. The summed E-state index contributed by atoms with van der Waals surface area (Å²) < 4.78 is 0. The van der Waals surface area contributed by atoms with Crippen molar-refractivity contribution in [1.29, 1.82) is 0 Å². The average molecular weight is 287 g/mol. The van der Waals surface area contributed by atoms with Crippen LogP contribution in [0.4, 0.5) is 5.69 Å². The number of pyridine rings is 1. The number of benzene rings is 1. The molecule has 1 unspecified atom stereocenters. The van der Waals surface area contributed by atoms with Gasteiger partial charge < -0.3 is 11.1 Å². The van der Waals surface area contributed by atoms with E-state index in [0.717, 1.165) is 16.1 Å². The third-order valence-electron chi connectivity index (χ3n) is 2.81. The van der Waals surface area contributed by atoms with Crippen LogP contribution in [-0.4, -0.2) is 16.6 Å². The number of amides is 1. The van der Waals surface area contributed by atoms with Gasteiger partial charge in [0.15, 0.2) is 0 Å². The smallest absolute Gasteiger partial charge is 0.227 e. The summed E-state index contributed by atoms with van der Waals surface area (Å²) in [6.45, 7) is 2.08. The summed E-state index contributed by atoms with van der Waals surface area (Å²) in [5.41, 5.74) is 7.30. The number of nitrogens with two attached hydrogens (primary N) is 1. The summed E-state index contributed by atoms with van der Waals surface area (Å²) in [5.74, 6) is -0.0370. The lowest BCUT2D eigenvalue weighted by atomic mass is 10.1. The Balaban J connectivity index is 2.10. The maximum atomic E-state index is 10.9. The third kappa shape index (κ3) is 3.99. The number of thioether (sulfide) groups is 1. The van der Waals surface area contributed by atoms with E-state index >= 15 is 0 Å². The predicted octanol–water partition coefficient (Wildman–Crippen LogP) is 2.83. The summed E-state index contributed by atoms with van der Waals surface area (Å²) in [4.78, 5) is 16.0. The van der Waals surface area contributed by atoms with Gasteiger partial charge in [-0.25, -0.2) is 0 Å². The molecule has 1 heterocycles. The van der Waals surface area contributed by atoms with E-state index in [9.17, 15) is 4.79 Å². The van der Waals surface area contributed by atoms with E-state index in [2.05, 4.69) is 17.2 Å². The molecule has 0 radical (unpaired) electrons. The number of anilines is 1. The molecule has 1 atom stereocenters. The van der Waals surface area contributed by atoms with Gasteiger partial charge in [-0.2, -0.15) is 0 Å². The highest BCUT2D eigenvalue weighted by Gasteiger charge is 2.09. The molecule has 0 aliphatic heterocycles. The van der Waals surface area contributed by atoms with Crippen molar-refractivity contribution >= 4 is 23.4 Å². The Morgan fingerprint density at radius 2 is 2.15 bits per heavy atom. The Bertz CT molecular complexity index is 574. The lowest BCUT2D eigenvalue weighted by Gasteiger charge is -2.17. The van der Waals surface area contributed by atoms with E-state index in [4.69, 9.17) is 5.73 Å².